The molecule has 0 saturated carbocycles. The van der Waals surface area contributed by atoms with Crippen LogP contribution in [0.25, 0.3) is 0 Å². The molecule has 144 valence electrons. The van der Waals surface area contributed by atoms with Crippen molar-refractivity contribution in [1.82, 2.24) is 0 Å². The minimum Gasteiger partial charge on any atom is -0.304 e. The van der Waals surface area contributed by atoms with Gasteiger partial charge in [-0.15, -0.1) is 0 Å². The Morgan fingerprint density at radius 3 is 1.16 bits per heavy atom. The molecule has 25 heavy (non-hydrogen) atoms. The standard InChI is InChI=1S/C23H40ClP/c1-20(2,3)17-13-18(21(4,5)6)15-19(14-17)25(16-24,22(7,8)9)23(10,11)12/h13-16H,1-12H3. The zero-order valence-electron chi connectivity index (χ0n) is 18.6. The van der Waals surface area contributed by atoms with Crippen LogP contribution in [0.1, 0.15) is 94.2 Å². The molecule has 1 rings (SSSR count). The molecule has 0 aliphatic rings. The third-order valence-corrected chi connectivity index (χ3v) is 11.8. The van der Waals surface area contributed by atoms with Crippen molar-refractivity contribution >= 4 is 24.2 Å². The van der Waals surface area contributed by atoms with Crippen molar-refractivity contribution in [2.24, 2.45) is 0 Å². The lowest BCUT2D eigenvalue weighted by molar-refractivity contribution is 0.569. The van der Waals surface area contributed by atoms with E-state index >= 15 is 0 Å². The monoisotopic (exact) mass is 382 g/mol. The molecule has 0 aromatic heterocycles. The predicted molar refractivity (Wildman–Crippen MR) is 120 cm³/mol. The molecule has 1 aromatic carbocycles. The quantitative estimate of drug-likeness (QED) is 0.360. The molecule has 0 radical (unpaired) electrons. The van der Waals surface area contributed by atoms with Crippen molar-refractivity contribution in [2.75, 3.05) is 0 Å². The molecule has 2 heteroatoms. The summed E-state index contributed by atoms with van der Waals surface area (Å²) in [6.45, 7) is 27.9. The van der Waals surface area contributed by atoms with E-state index in [1.165, 1.54) is 16.4 Å². The number of rotatable bonds is 2. The average Bonchev–Trinajstić information content (AvgIpc) is 2.34. The van der Waals surface area contributed by atoms with Crippen LogP contribution < -0.4 is 5.30 Å². The van der Waals surface area contributed by atoms with Gasteiger partial charge in [0.1, 0.15) is 0 Å². The van der Waals surface area contributed by atoms with Gasteiger partial charge in [-0.05, 0) is 75.6 Å². The molecule has 0 saturated heterocycles. The highest BCUT2D eigenvalue weighted by molar-refractivity contribution is 7.88. The van der Waals surface area contributed by atoms with Crippen LogP contribution in [0.3, 0.4) is 0 Å². The Bertz CT molecular complexity index is 555. The maximum Gasteiger partial charge on any atom is 0.0675 e. The van der Waals surface area contributed by atoms with Crippen LogP contribution in [0, 0.1) is 5.62 Å². The molecule has 0 unspecified atom stereocenters. The number of benzene rings is 1. The second-order valence-corrected chi connectivity index (χ2v) is 16.9. The lowest BCUT2D eigenvalue weighted by atomic mass is 9.81. The number of hydrogen-bond donors (Lipinski definition) is 0. The van der Waals surface area contributed by atoms with Gasteiger partial charge in [-0.2, -0.15) is 0 Å². The van der Waals surface area contributed by atoms with Gasteiger partial charge in [0.05, 0.1) is 15.6 Å². The Hall–Kier alpha value is -0.0600. The summed E-state index contributed by atoms with van der Waals surface area (Å²) in [5.74, 6) is 0. The van der Waals surface area contributed by atoms with Crippen molar-refractivity contribution in [3.63, 3.8) is 0 Å². The van der Waals surface area contributed by atoms with Crippen LogP contribution in [-0.4, -0.2) is 10.3 Å². The van der Waals surface area contributed by atoms with E-state index in [2.05, 4.69) is 101 Å². The largest absolute Gasteiger partial charge is 0.304 e. The SMILES string of the molecule is CC(C)(C)c1cc(C(C)(C)C)cc([P+]([CH-]Cl)(C(C)(C)C)C(C)(C)C)c1. The van der Waals surface area contributed by atoms with Gasteiger partial charge >= 0.3 is 0 Å². The zero-order valence-corrected chi connectivity index (χ0v) is 20.3. The summed E-state index contributed by atoms with van der Waals surface area (Å²) >= 11 is 6.69. The van der Waals surface area contributed by atoms with E-state index in [4.69, 9.17) is 11.6 Å². The topological polar surface area (TPSA) is 0 Å². The molecule has 0 bridgehead atoms. The van der Waals surface area contributed by atoms with E-state index < -0.39 is 7.26 Å². The van der Waals surface area contributed by atoms with Crippen molar-refractivity contribution in [3.8, 4) is 0 Å². The average molecular weight is 383 g/mol. The van der Waals surface area contributed by atoms with E-state index in [1.54, 1.807) is 0 Å². The molecule has 0 fully saturated rings. The molecular weight excluding hydrogens is 343 g/mol. The molecule has 0 N–H and O–H groups in total. The second-order valence-electron chi connectivity index (χ2n) is 11.4. The Balaban J connectivity index is 3.95. The van der Waals surface area contributed by atoms with Crippen molar-refractivity contribution in [1.29, 1.82) is 0 Å². The van der Waals surface area contributed by atoms with E-state index in [0.29, 0.717) is 0 Å². The summed E-state index contributed by atoms with van der Waals surface area (Å²) in [5, 5.41) is 1.66. The van der Waals surface area contributed by atoms with Gasteiger partial charge in [0.2, 0.25) is 0 Å². The van der Waals surface area contributed by atoms with Gasteiger partial charge in [-0.3, -0.25) is 0 Å². The van der Waals surface area contributed by atoms with Gasteiger partial charge in [-0.1, -0.05) is 60.5 Å². The van der Waals surface area contributed by atoms with Crippen LogP contribution in [0.5, 0.6) is 0 Å². The summed E-state index contributed by atoms with van der Waals surface area (Å²) in [6, 6.07) is 7.29. The van der Waals surface area contributed by atoms with Crippen LogP contribution >= 0.6 is 18.9 Å². The van der Waals surface area contributed by atoms with Crippen molar-refractivity contribution in [2.45, 2.75) is 104 Å². The maximum atomic E-state index is 6.69. The fourth-order valence-electron chi connectivity index (χ4n) is 3.81. The summed E-state index contributed by atoms with van der Waals surface area (Å²) in [6.07, 6.45) is 0. The Morgan fingerprint density at radius 2 is 0.960 bits per heavy atom. The highest BCUT2D eigenvalue weighted by atomic mass is 35.5. The van der Waals surface area contributed by atoms with E-state index in [9.17, 15) is 0 Å². The van der Waals surface area contributed by atoms with Gasteiger partial charge in [0.15, 0.2) is 0 Å². The number of hydrogen-bond acceptors (Lipinski definition) is 0. The van der Waals surface area contributed by atoms with Crippen LogP contribution in [0.15, 0.2) is 18.2 Å². The molecule has 1 aromatic rings. The smallest absolute Gasteiger partial charge is 0.0675 e. The molecule has 0 amide bonds. The first kappa shape index (κ1) is 23.0. The summed E-state index contributed by atoms with van der Waals surface area (Å²) < 4.78 is 0. The van der Waals surface area contributed by atoms with E-state index in [1.807, 2.05) is 5.62 Å². The maximum absolute atomic E-state index is 6.69. The first-order valence-electron chi connectivity index (χ1n) is 9.38. The summed E-state index contributed by atoms with van der Waals surface area (Å²) in [4.78, 5) is 0. The summed E-state index contributed by atoms with van der Waals surface area (Å²) in [5.41, 5.74) is 5.10. The normalized spacial score (nSPS) is 14.8. The minimum atomic E-state index is -1.75. The lowest BCUT2D eigenvalue weighted by Crippen LogP contribution is -2.40. The fraction of sp³-hybridized carbons (Fsp3) is 0.696. The molecular formula is C23H40ClP. The lowest BCUT2D eigenvalue weighted by Gasteiger charge is -2.53. The highest BCUT2D eigenvalue weighted by Gasteiger charge is 2.52. The number of halogens is 1. The van der Waals surface area contributed by atoms with Crippen LogP contribution in [0.2, 0.25) is 0 Å². The van der Waals surface area contributed by atoms with E-state index in [-0.39, 0.29) is 21.1 Å². The molecule has 0 heterocycles. The molecule has 0 atom stereocenters. The molecule has 0 aliphatic carbocycles. The minimum absolute atomic E-state index is 0.110. The summed E-state index contributed by atoms with van der Waals surface area (Å²) in [7, 11) is -1.75. The van der Waals surface area contributed by atoms with Gasteiger partial charge < -0.3 is 11.6 Å². The first-order chi connectivity index (χ1) is 10.9. The third-order valence-electron chi connectivity index (χ3n) is 5.32. The first-order valence-corrected chi connectivity index (χ1v) is 11.7. The van der Waals surface area contributed by atoms with E-state index in [0.717, 1.165) is 0 Å². The van der Waals surface area contributed by atoms with Crippen LogP contribution in [0.4, 0.5) is 0 Å². The second kappa shape index (κ2) is 6.83. The molecule has 0 aliphatic heterocycles. The Morgan fingerprint density at radius 1 is 0.640 bits per heavy atom. The predicted octanol–water partition coefficient (Wildman–Crippen LogP) is 7.88. The van der Waals surface area contributed by atoms with Gasteiger partial charge in [0.25, 0.3) is 0 Å². The zero-order chi connectivity index (χ0) is 20.1. The van der Waals surface area contributed by atoms with Gasteiger partial charge in [-0.25, -0.2) is 0 Å². The Kier molecular flexibility index (Phi) is 6.28. The Labute approximate surface area is 163 Å². The molecule has 0 nitrogen and oxygen atoms in total. The van der Waals surface area contributed by atoms with Crippen molar-refractivity contribution < 1.29 is 0 Å². The third kappa shape index (κ3) is 4.44. The molecule has 0 spiro atoms. The fourth-order valence-corrected chi connectivity index (χ4v) is 10.9. The van der Waals surface area contributed by atoms with Crippen LogP contribution in [-0.2, 0) is 10.8 Å². The highest BCUT2D eigenvalue weighted by Crippen LogP contribution is 2.78. The van der Waals surface area contributed by atoms with Crippen molar-refractivity contribution in [3.05, 3.63) is 34.9 Å². The van der Waals surface area contributed by atoms with Gasteiger partial charge in [0, 0.05) is 0 Å².